The zero-order valence-electron chi connectivity index (χ0n) is 13.6. The molecule has 0 aromatic carbocycles. The third-order valence-electron chi connectivity index (χ3n) is 4.16. The SMILES string of the molecule is Cl.O=C(NC[C@H]1CN(c2cc3c(s2)CCNC3)C(=O)O1)c1ccc(Cl)s1. The second-order valence-corrected chi connectivity index (χ2v) is 8.72. The maximum absolute atomic E-state index is 12.2. The van der Waals surface area contributed by atoms with E-state index in [0.29, 0.717) is 15.8 Å². The number of rotatable bonds is 4. The van der Waals surface area contributed by atoms with E-state index in [9.17, 15) is 9.59 Å². The summed E-state index contributed by atoms with van der Waals surface area (Å²) in [7, 11) is 0. The van der Waals surface area contributed by atoms with Gasteiger partial charge in [-0.1, -0.05) is 11.6 Å². The lowest BCUT2D eigenvalue weighted by Crippen LogP contribution is -2.34. The molecule has 0 radical (unpaired) electrons. The van der Waals surface area contributed by atoms with Crippen molar-refractivity contribution in [3.8, 4) is 0 Å². The van der Waals surface area contributed by atoms with Gasteiger partial charge < -0.3 is 15.4 Å². The van der Waals surface area contributed by atoms with Crippen LogP contribution in [0.3, 0.4) is 0 Å². The number of halogens is 2. The Morgan fingerprint density at radius 1 is 1.42 bits per heavy atom. The summed E-state index contributed by atoms with van der Waals surface area (Å²) in [6, 6.07) is 5.42. The third kappa shape index (κ3) is 3.99. The monoisotopic (exact) mass is 433 g/mol. The molecule has 2 aromatic heterocycles. The van der Waals surface area contributed by atoms with E-state index >= 15 is 0 Å². The van der Waals surface area contributed by atoms with Crippen molar-refractivity contribution in [1.82, 2.24) is 10.6 Å². The summed E-state index contributed by atoms with van der Waals surface area (Å²) >= 11 is 8.71. The molecule has 0 unspecified atom stereocenters. The molecule has 4 rings (SSSR count). The van der Waals surface area contributed by atoms with E-state index < -0.39 is 0 Å². The molecule has 26 heavy (non-hydrogen) atoms. The number of amides is 2. The van der Waals surface area contributed by atoms with Gasteiger partial charge in [0, 0.05) is 18.0 Å². The highest BCUT2D eigenvalue weighted by Gasteiger charge is 2.34. The number of hydrogen-bond acceptors (Lipinski definition) is 6. The van der Waals surface area contributed by atoms with Crippen LogP contribution in [-0.4, -0.2) is 37.7 Å². The Morgan fingerprint density at radius 2 is 2.27 bits per heavy atom. The van der Waals surface area contributed by atoms with Gasteiger partial charge in [-0.15, -0.1) is 35.1 Å². The molecule has 2 aliphatic rings. The maximum Gasteiger partial charge on any atom is 0.415 e. The van der Waals surface area contributed by atoms with Gasteiger partial charge >= 0.3 is 6.09 Å². The van der Waals surface area contributed by atoms with E-state index in [0.717, 1.165) is 24.5 Å². The summed E-state index contributed by atoms with van der Waals surface area (Å²) in [5.41, 5.74) is 1.25. The number of nitrogens with one attached hydrogen (secondary N) is 2. The van der Waals surface area contributed by atoms with Crippen molar-refractivity contribution in [2.75, 3.05) is 24.5 Å². The predicted octanol–water partition coefficient (Wildman–Crippen LogP) is 3.29. The van der Waals surface area contributed by atoms with Crippen LogP contribution in [-0.2, 0) is 17.7 Å². The fourth-order valence-electron chi connectivity index (χ4n) is 2.91. The van der Waals surface area contributed by atoms with Gasteiger partial charge in [0.25, 0.3) is 5.91 Å². The molecule has 2 aliphatic heterocycles. The zero-order valence-corrected chi connectivity index (χ0v) is 16.8. The van der Waals surface area contributed by atoms with Crippen LogP contribution in [0.4, 0.5) is 9.80 Å². The van der Waals surface area contributed by atoms with E-state index in [1.807, 2.05) is 0 Å². The van der Waals surface area contributed by atoms with Gasteiger partial charge in [0.05, 0.1) is 22.3 Å². The number of hydrogen-bond donors (Lipinski definition) is 2. The summed E-state index contributed by atoms with van der Waals surface area (Å²) < 4.78 is 5.96. The van der Waals surface area contributed by atoms with Gasteiger partial charge in [0.2, 0.25) is 0 Å². The normalized spacial score (nSPS) is 18.9. The molecular formula is C16H17Cl2N3O3S2. The van der Waals surface area contributed by atoms with Crippen LogP contribution < -0.4 is 15.5 Å². The summed E-state index contributed by atoms with van der Waals surface area (Å²) in [5, 5.41) is 7.04. The zero-order chi connectivity index (χ0) is 17.4. The standard InChI is InChI=1S/C16H16ClN3O3S2.ClH/c17-13-2-1-12(24-13)15(21)19-7-10-8-20(16(22)23-10)14-5-9-6-18-4-3-11(9)25-14;/h1-2,5,10,18H,3-4,6-8H2,(H,19,21);1H/t10-;/m0./s1. The molecule has 2 N–H and O–H groups in total. The lowest BCUT2D eigenvalue weighted by molar-refractivity contribution is 0.0920. The fraction of sp³-hybridized carbons (Fsp3) is 0.375. The van der Waals surface area contributed by atoms with Gasteiger partial charge in [0.1, 0.15) is 11.1 Å². The highest BCUT2D eigenvalue weighted by atomic mass is 35.5. The first-order valence-electron chi connectivity index (χ1n) is 7.94. The lowest BCUT2D eigenvalue weighted by Gasteiger charge is -2.10. The van der Waals surface area contributed by atoms with Crippen molar-refractivity contribution >= 4 is 63.7 Å². The van der Waals surface area contributed by atoms with Crippen LogP contribution in [0.1, 0.15) is 20.1 Å². The minimum atomic E-state index is -0.357. The molecule has 2 aromatic rings. The summed E-state index contributed by atoms with van der Waals surface area (Å²) in [6.45, 7) is 2.54. The van der Waals surface area contributed by atoms with Crippen LogP contribution in [0.2, 0.25) is 4.34 Å². The van der Waals surface area contributed by atoms with E-state index in [1.165, 1.54) is 21.8 Å². The van der Waals surface area contributed by atoms with Crippen LogP contribution in [0.5, 0.6) is 0 Å². The lowest BCUT2D eigenvalue weighted by atomic mass is 10.1. The molecule has 4 heterocycles. The average molecular weight is 434 g/mol. The highest BCUT2D eigenvalue weighted by molar-refractivity contribution is 7.18. The first-order valence-corrected chi connectivity index (χ1v) is 9.95. The fourth-order valence-corrected chi connectivity index (χ4v) is 5.05. The minimum Gasteiger partial charge on any atom is -0.442 e. The molecule has 1 saturated heterocycles. The third-order valence-corrected chi connectivity index (χ3v) is 6.65. The molecule has 0 saturated carbocycles. The van der Waals surface area contributed by atoms with Crippen LogP contribution in [0, 0.1) is 0 Å². The first-order chi connectivity index (χ1) is 12.1. The Bertz CT molecular complexity index is 800. The molecular weight excluding hydrogens is 417 g/mol. The van der Waals surface area contributed by atoms with Crippen molar-refractivity contribution in [1.29, 1.82) is 0 Å². The molecule has 2 amide bonds. The molecule has 1 atom stereocenters. The average Bonchev–Trinajstić information content (AvgIpc) is 3.30. The number of fused-ring (bicyclic) bond motifs is 1. The quantitative estimate of drug-likeness (QED) is 0.775. The molecule has 0 spiro atoms. The summed E-state index contributed by atoms with van der Waals surface area (Å²) in [5.74, 6) is -0.205. The van der Waals surface area contributed by atoms with Gasteiger partial charge in [-0.3, -0.25) is 9.69 Å². The van der Waals surface area contributed by atoms with Gasteiger partial charge in [-0.05, 0) is 30.2 Å². The number of carbonyl (C=O) groups is 2. The number of thiophene rings is 2. The summed E-state index contributed by atoms with van der Waals surface area (Å²) in [6.07, 6.45) is 0.278. The van der Waals surface area contributed by atoms with E-state index in [-0.39, 0.29) is 37.1 Å². The Labute approximate surface area is 169 Å². The topological polar surface area (TPSA) is 70.7 Å². The maximum atomic E-state index is 12.2. The Morgan fingerprint density at radius 3 is 3.00 bits per heavy atom. The molecule has 6 nitrogen and oxygen atoms in total. The Kier molecular flexibility index (Phi) is 6.09. The molecule has 10 heteroatoms. The van der Waals surface area contributed by atoms with Crippen molar-refractivity contribution in [2.45, 2.75) is 19.1 Å². The number of nitrogens with zero attached hydrogens (tertiary/aromatic N) is 1. The van der Waals surface area contributed by atoms with Crippen LogP contribution >= 0.6 is 46.7 Å². The van der Waals surface area contributed by atoms with Crippen molar-refractivity contribution in [2.24, 2.45) is 0 Å². The van der Waals surface area contributed by atoms with Gasteiger partial charge in [0.15, 0.2) is 0 Å². The second-order valence-electron chi connectivity index (χ2n) is 5.89. The molecule has 140 valence electrons. The Hall–Kier alpha value is -1.32. The van der Waals surface area contributed by atoms with Crippen molar-refractivity contribution < 1.29 is 14.3 Å². The number of carbonyl (C=O) groups excluding carboxylic acids is 2. The number of ether oxygens (including phenoxy) is 1. The van der Waals surface area contributed by atoms with E-state index in [4.69, 9.17) is 16.3 Å². The van der Waals surface area contributed by atoms with Crippen molar-refractivity contribution in [3.63, 3.8) is 0 Å². The van der Waals surface area contributed by atoms with E-state index in [2.05, 4.69) is 16.7 Å². The van der Waals surface area contributed by atoms with Crippen LogP contribution in [0.25, 0.3) is 0 Å². The smallest absolute Gasteiger partial charge is 0.415 e. The van der Waals surface area contributed by atoms with Crippen LogP contribution in [0.15, 0.2) is 18.2 Å². The molecule has 1 fully saturated rings. The second kappa shape index (κ2) is 8.14. The summed E-state index contributed by atoms with van der Waals surface area (Å²) in [4.78, 5) is 27.8. The van der Waals surface area contributed by atoms with E-state index in [1.54, 1.807) is 28.4 Å². The predicted molar refractivity (Wildman–Crippen MR) is 106 cm³/mol. The molecule has 0 aliphatic carbocycles. The first kappa shape index (κ1) is 19.4. The number of cyclic esters (lactones) is 1. The molecule has 0 bridgehead atoms. The highest BCUT2D eigenvalue weighted by Crippen LogP contribution is 2.34. The Balaban J connectivity index is 0.00000196. The van der Waals surface area contributed by atoms with Gasteiger partial charge in [-0.25, -0.2) is 4.79 Å². The number of anilines is 1. The van der Waals surface area contributed by atoms with Gasteiger partial charge in [-0.2, -0.15) is 0 Å². The van der Waals surface area contributed by atoms with Crippen molar-refractivity contribution in [3.05, 3.63) is 37.9 Å². The minimum absolute atomic E-state index is 0. The largest absolute Gasteiger partial charge is 0.442 e.